The molecule has 0 fully saturated rings. The molecular formula is C30H29N5O8. The second kappa shape index (κ2) is 18.2. The van der Waals surface area contributed by atoms with Crippen LogP contribution in [0.1, 0.15) is 33.8 Å². The quantitative estimate of drug-likeness (QED) is 0.118. The van der Waals surface area contributed by atoms with Gasteiger partial charge in [0.15, 0.2) is 5.96 Å². The average molecular weight is 588 g/mol. The number of benzene rings is 3. The van der Waals surface area contributed by atoms with Crippen LogP contribution in [-0.2, 0) is 25.6 Å². The largest absolute Gasteiger partial charge is 0.497 e. The molecular weight excluding hydrogens is 558 g/mol. The number of nitrogens with one attached hydrogen (secondary N) is 1. The molecule has 222 valence electrons. The van der Waals surface area contributed by atoms with Crippen molar-refractivity contribution in [2.45, 2.75) is 13.8 Å². The van der Waals surface area contributed by atoms with Gasteiger partial charge in [0.05, 0.1) is 23.9 Å². The topological polar surface area (TPSA) is 210 Å². The van der Waals surface area contributed by atoms with E-state index in [1.807, 2.05) is 24.3 Å². The average Bonchev–Trinajstić information content (AvgIpc) is 2.98. The van der Waals surface area contributed by atoms with Gasteiger partial charge in [0, 0.05) is 11.9 Å². The highest BCUT2D eigenvalue weighted by atomic mass is 16.5. The Bertz CT molecular complexity index is 1590. The number of pyridine rings is 1. The molecule has 0 aliphatic heterocycles. The number of amides is 1. The van der Waals surface area contributed by atoms with Crippen molar-refractivity contribution in [3.63, 3.8) is 0 Å². The summed E-state index contributed by atoms with van der Waals surface area (Å²) in [5, 5.41) is 3.62. The maximum Gasteiger partial charge on any atom is 0.373 e. The molecule has 0 spiro atoms. The minimum atomic E-state index is -0.522. The van der Waals surface area contributed by atoms with Gasteiger partial charge in [-0.05, 0) is 72.6 Å². The van der Waals surface area contributed by atoms with Crippen LogP contribution in [0.2, 0.25) is 0 Å². The number of carbonyl (C=O) groups excluding carboxylic acids is 6. The fourth-order valence-corrected chi connectivity index (χ4v) is 3.48. The van der Waals surface area contributed by atoms with Crippen molar-refractivity contribution < 1.29 is 38.2 Å². The van der Waals surface area contributed by atoms with Gasteiger partial charge in [0.1, 0.15) is 17.2 Å². The zero-order chi connectivity index (χ0) is 30.9. The van der Waals surface area contributed by atoms with Gasteiger partial charge in [-0.15, -0.1) is 0 Å². The van der Waals surface area contributed by atoms with Crippen molar-refractivity contribution >= 4 is 46.7 Å². The fourth-order valence-electron chi connectivity index (χ4n) is 3.48. The number of nitrogens with two attached hydrogens (primary N) is 2. The normalized spacial score (nSPS) is 9.14. The lowest BCUT2D eigenvalue weighted by molar-refractivity contribution is -0.193. The number of rotatable bonds is 8. The van der Waals surface area contributed by atoms with Gasteiger partial charge in [0.2, 0.25) is 0 Å². The van der Waals surface area contributed by atoms with E-state index in [2.05, 4.69) is 15.3 Å². The van der Waals surface area contributed by atoms with E-state index in [0.29, 0.717) is 41.2 Å². The van der Waals surface area contributed by atoms with Gasteiger partial charge in [-0.1, -0.05) is 25.6 Å². The molecule has 0 saturated heterocycles. The van der Waals surface area contributed by atoms with Crippen LogP contribution in [-0.4, -0.2) is 48.8 Å². The molecule has 0 aliphatic rings. The zero-order valence-electron chi connectivity index (χ0n) is 22.2. The first-order valence-electron chi connectivity index (χ1n) is 12.0. The van der Waals surface area contributed by atoms with Crippen molar-refractivity contribution in [2.75, 3.05) is 13.7 Å². The maximum atomic E-state index is 12.5. The summed E-state index contributed by atoms with van der Waals surface area (Å²) in [5.74, 6) is 0.305. The summed E-state index contributed by atoms with van der Waals surface area (Å²) in [6.45, 7) is 0.479. The van der Waals surface area contributed by atoms with Gasteiger partial charge in [-0.3, -0.25) is 4.79 Å². The number of aliphatic imine (C=N–C) groups is 1. The first-order chi connectivity index (χ1) is 20.2. The van der Waals surface area contributed by atoms with Gasteiger partial charge < -0.3 is 26.3 Å². The third kappa shape index (κ3) is 11.5. The summed E-state index contributed by atoms with van der Waals surface area (Å²) in [6, 6.07) is 22.5. The van der Waals surface area contributed by atoms with E-state index >= 15 is 0 Å². The van der Waals surface area contributed by atoms with E-state index in [1.165, 1.54) is 0 Å². The Morgan fingerprint density at radius 3 is 2.05 bits per heavy atom. The molecule has 0 radical (unpaired) electrons. The van der Waals surface area contributed by atoms with Gasteiger partial charge >= 0.3 is 18.3 Å². The number of guanidine groups is 1. The smallest absolute Gasteiger partial charge is 0.373 e. The minimum Gasteiger partial charge on any atom is -0.497 e. The van der Waals surface area contributed by atoms with Crippen molar-refractivity contribution in [3.8, 4) is 11.5 Å². The molecule has 0 aliphatic carbocycles. The summed E-state index contributed by atoms with van der Waals surface area (Å²) < 4.78 is 10.6. The lowest BCUT2D eigenvalue weighted by Gasteiger charge is -2.08. The van der Waals surface area contributed by atoms with Crippen molar-refractivity contribution in [1.82, 2.24) is 10.3 Å². The highest BCUT2D eigenvalue weighted by Crippen LogP contribution is 2.22. The molecule has 0 saturated carbocycles. The number of methoxy groups -OCH3 is 1. The first kappa shape index (κ1) is 34.9. The SMILES string of the molecule is C.COc1ccc(CCNC(=O)c2ccc3cc(OC(=O)c4ccc(N=C(N)N)cc4)ccc3n2)cc1.O=C=O.O=C=O. The van der Waals surface area contributed by atoms with Gasteiger partial charge in [0.25, 0.3) is 5.91 Å². The van der Waals surface area contributed by atoms with Crippen molar-refractivity contribution in [3.05, 3.63) is 95.7 Å². The number of fused-ring (bicyclic) bond motifs is 1. The number of hydrogen-bond acceptors (Lipinski definition) is 10. The highest BCUT2D eigenvalue weighted by molar-refractivity contribution is 5.95. The summed E-state index contributed by atoms with van der Waals surface area (Å²) in [7, 11) is 1.62. The summed E-state index contributed by atoms with van der Waals surface area (Å²) in [5.41, 5.74) is 13.6. The van der Waals surface area contributed by atoms with Gasteiger partial charge in [-0.2, -0.15) is 19.2 Å². The molecule has 1 aromatic heterocycles. The highest BCUT2D eigenvalue weighted by Gasteiger charge is 2.11. The molecule has 4 rings (SSSR count). The van der Waals surface area contributed by atoms with Crippen LogP contribution in [0, 0.1) is 0 Å². The number of carbonyl (C=O) groups is 2. The standard InChI is InChI=1S/C27H25N5O4.2CO2.CH4/c1-35-21-9-2-17(3-10-21)14-15-30-25(33)24-12-6-19-16-22(11-13-23(19)32-24)36-26(34)18-4-7-20(8-5-18)31-27(28)29;2*2-1-3;/h2-13,16H,14-15H2,1H3,(H,30,33)(H4,28,29,31);;;1H4. The van der Waals surface area contributed by atoms with Crippen LogP contribution in [0.15, 0.2) is 83.9 Å². The molecule has 0 unspecified atom stereocenters. The number of hydrogen-bond donors (Lipinski definition) is 3. The van der Waals surface area contributed by atoms with E-state index in [4.69, 9.17) is 40.1 Å². The van der Waals surface area contributed by atoms with Crippen LogP contribution in [0.25, 0.3) is 10.9 Å². The Morgan fingerprint density at radius 1 is 0.860 bits per heavy atom. The van der Waals surface area contributed by atoms with E-state index in [9.17, 15) is 9.59 Å². The number of ether oxygens (including phenoxy) is 2. The third-order valence-corrected chi connectivity index (χ3v) is 5.32. The maximum absolute atomic E-state index is 12.5. The second-order valence-electron chi connectivity index (χ2n) is 8.04. The number of aromatic nitrogens is 1. The second-order valence-corrected chi connectivity index (χ2v) is 8.04. The Labute approximate surface area is 246 Å². The van der Waals surface area contributed by atoms with Crippen LogP contribution in [0.4, 0.5) is 5.69 Å². The first-order valence-corrected chi connectivity index (χ1v) is 12.0. The molecule has 0 bridgehead atoms. The molecule has 13 heteroatoms. The molecule has 13 nitrogen and oxygen atoms in total. The minimum absolute atomic E-state index is 0. The molecule has 1 heterocycles. The molecule has 0 atom stereocenters. The van der Waals surface area contributed by atoms with Crippen LogP contribution in [0.5, 0.6) is 11.5 Å². The van der Waals surface area contributed by atoms with E-state index in [-0.39, 0.29) is 31.6 Å². The van der Waals surface area contributed by atoms with Crippen molar-refractivity contribution in [2.24, 2.45) is 16.5 Å². The van der Waals surface area contributed by atoms with E-state index < -0.39 is 5.97 Å². The molecule has 3 aromatic carbocycles. The Balaban J connectivity index is 0.00000122. The number of esters is 1. The summed E-state index contributed by atoms with van der Waals surface area (Å²) in [6.07, 6.45) is 1.19. The fraction of sp³-hybridized carbons (Fsp3) is 0.133. The Kier molecular flexibility index (Phi) is 14.8. The molecule has 4 aromatic rings. The summed E-state index contributed by atoms with van der Waals surface area (Å²) in [4.78, 5) is 65.9. The van der Waals surface area contributed by atoms with Crippen LogP contribution >= 0.6 is 0 Å². The number of nitrogens with zero attached hydrogens (tertiary/aromatic N) is 2. The Hall–Kier alpha value is -6.16. The van der Waals surface area contributed by atoms with E-state index in [0.717, 1.165) is 16.7 Å². The lowest BCUT2D eigenvalue weighted by atomic mass is 10.1. The van der Waals surface area contributed by atoms with Crippen LogP contribution in [0.3, 0.4) is 0 Å². The monoisotopic (exact) mass is 587 g/mol. The third-order valence-electron chi connectivity index (χ3n) is 5.32. The van der Waals surface area contributed by atoms with Gasteiger partial charge in [-0.25, -0.2) is 14.8 Å². The zero-order valence-corrected chi connectivity index (χ0v) is 22.2. The molecule has 43 heavy (non-hydrogen) atoms. The lowest BCUT2D eigenvalue weighted by Crippen LogP contribution is -2.26. The van der Waals surface area contributed by atoms with Crippen LogP contribution < -0.4 is 26.3 Å². The van der Waals surface area contributed by atoms with E-state index in [1.54, 1.807) is 61.7 Å². The van der Waals surface area contributed by atoms with Crippen molar-refractivity contribution in [1.29, 1.82) is 0 Å². The predicted octanol–water partition coefficient (Wildman–Crippen LogP) is 2.81. The summed E-state index contributed by atoms with van der Waals surface area (Å²) >= 11 is 0. The molecule has 5 N–H and O–H groups in total. The molecule has 1 amide bonds. The predicted molar refractivity (Wildman–Crippen MR) is 154 cm³/mol. The Morgan fingerprint density at radius 2 is 1.47 bits per heavy atom.